The van der Waals surface area contributed by atoms with Crippen LogP contribution in [0.4, 0.5) is 8.78 Å². The summed E-state index contributed by atoms with van der Waals surface area (Å²) >= 11 is 0. The first kappa shape index (κ1) is 27.0. The van der Waals surface area contributed by atoms with Crippen molar-refractivity contribution in [3.05, 3.63) is 95.3 Å². The van der Waals surface area contributed by atoms with Gasteiger partial charge < -0.3 is 4.90 Å². The average molecular weight is 534 g/mol. The Morgan fingerprint density at radius 1 is 0.846 bits per heavy atom. The molecule has 0 aliphatic carbocycles. The maximum absolute atomic E-state index is 14.9. The van der Waals surface area contributed by atoms with E-state index in [0.717, 1.165) is 30.8 Å². The molecule has 0 saturated carbocycles. The summed E-state index contributed by atoms with van der Waals surface area (Å²) in [6.45, 7) is 5.03. The van der Waals surface area contributed by atoms with E-state index in [-0.39, 0.29) is 35.5 Å². The predicted molar refractivity (Wildman–Crippen MR) is 143 cm³/mol. The Balaban J connectivity index is 1.08. The van der Waals surface area contributed by atoms with Gasteiger partial charge in [0.15, 0.2) is 5.78 Å². The molecular weight excluding hydrogens is 500 g/mol. The van der Waals surface area contributed by atoms with Gasteiger partial charge in [0.2, 0.25) is 0 Å². The largest absolute Gasteiger partial charge is 0.336 e. The molecule has 3 aromatic rings. The molecule has 1 amide bonds. The number of Topliss-reactive ketones (excluding diaryl/α,β-unsaturated/α-hetero) is 1. The fraction of sp³-hybridized carbons (Fsp3) is 0.400. The van der Waals surface area contributed by atoms with Crippen molar-refractivity contribution in [1.29, 1.82) is 0 Å². The fourth-order valence-electron chi connectivity index (χ4n) is 5.30. The highest BCUT2D eigenvalue weighted by Gasteiger charge is 2.31. The summed E-state index contributed by atoms with van der Waals surface area (Å²) in [7, 11) is 0. The molecule has 9 heteroatoms. The number of rotatable bonds is 8. The summed E-state index contributed by atoms with van der Waals surface area (Å²) in [6, 6.07) is 13.5. The predicted octanol–water partition coefficient (Wildman–Crippen LogP) is 4.01. The molecule has 0 N–H and O–H groups in total. The molecule has 2 aromatic heterocycles. The Bertz CT molecular complexity index is 1250. The third-order valence-electron chi connectivity index (χ3n) is 7.64. The minimum atomic E-state index is -1.08. The van der Waals surface area contributed by atoms with Crippen LogP contribution in [0, 0.1) is 11.7 Å². The van der Waals surface area contributed by atoms with Crippen molar-refractivity contribution >= 4 is 11.7 Å². The van der Waals surface area contributed by atoms with Crippen molar-refractivity contribution in [2.45, 2.75) is 32.1 Å². The molecule has 5 rings (SSSR count). The first-order valence-electron chi connectivity index (χ1n) is 13.5. The molecule has 2 fully saturated rings. The number of benzene rings is 1. The van der Waals surface area contributed by atoms with Gasteiger partial charge in [0.25, 0.3) is 5.91 Å². The van der Waals surface area contributed by atoms with Crippen LogP contribution in [0.3, 0.4) is 0 Å². The van der Waals surface area contributed by atoms with E-state index in [4.69, 9.17) is 0 Å². The maximum Gasteiger partial charge on any atom is 0.255 e. The van der Waals surface area contributed by atoms with E-state index in [1.807, 2.05) is 12.1 Å². The number of nitrogens with zero attached hydrogens (tertiary/aromatic N) is 5. The second-order valence-electron chi connectivity index (χ2n) is 10.4. The van der Waals surface area contributed by atoms with E-state index < -0.39 is 6.17 Å². The molecule has 204 valence electrons. The third kappa shape index (κ3) is 7.10. The van der Waals surface area contributed by atoms with Gasteiger partial charge in [-0.15, -0.1) is 0 Å². The summed E-state index contributed by atoms with van der Waals surface area (Å²) in [6.07, 6.45) is 4.56. The van der Waals surface area contributed by atoms with Crippen LogP contribution >= 0.6 is 0 Å². The van der Waals surface area contributed by atoms with E-state index in [1.165, 1.54) is 18.3 Å². The van der Waals surface area contributed by atoms with Crippen LogP contribution in [0.1, 0.15) is 44.8 Å². The molecule has 1 aromatic carbocycles. The van der Waals surface area contributed by atoms with Crippen molar-refractivity contribution in [3.8, 4) is 0 Å². The van der Waals surface area contributed by atoms with Gasteiger partial charge in [-0.3, -0.25) is 29.4 Å². The first-order valence-corrected chi connectivity index (χ1v) is 13.5. The molecular formula is C30H33F2N5O2. The van der Waals surface area contributed by atoms with Crippen LogP contribution in [0.5, 0.6) is 0 Å². The van der Waals surface area contributed by atoms with Crippen molar-refractivity contribution in [3.63, 3.8) is 0 Å². The Kier molecular flexibility index (Phi) is 8.68. The number of hydrogen-bond acceptors (Lipinski definition) is 6. The van der Waals surface area contributed by atoms with Crippen molar-refractivity contribution in [2.24, 2.45) is 5.92 Å². The third-order valence-corrected chi connectivity index (χ3v) is 7.64. The molecule has 4 heterocycles. The van der Waals surface area contributed by atoms with E-state index in [1.54, 1.807) is 41.6 Å². The number of hydrogen-bond donors (Lipinski definition) is 0. The molecule has 2 aliphatic rings. The van der Waals surface area contributed by atoms with Gasteiger partial charge in [-0.1, -0.05) is 12.1 Å². The topological polar surface area (TPSA) is 69.6 Å². The van der Waals surface area contributed by atoms with Gasteiger partial charge in [-0.2, -0.15) is 0 Å². The van der Waals surface area contributed by atoms with Gasteiger partial charge in [-0.25, -0.2) is 8.78 Å². The summed E-state index contributed by atoms with van der Waals surface area (Å²) in [5.41, 5.74) is 2.83. The molecule has 2 unspecified atom stereocenters. The Morgan fingerprint density at radius 2 is 1.54 bits per heavy atom. The lowest BCUT2D eigenvalue weighted by molar-refractivity contribution is 0.0626. The molecule has 0 radical (unpaired) electrons. The van der Waals surface area contributed by atoms with Crippen molar-refractivity contribution in [1.82, 2.24) is 24.7 Å². The Hall–Kier alpha value is -3.56. The van der Waals surface area contributed by atoms with Crippen LogP contribution in [0.15, 0.2) is 67.1 Å². The number of amides is 1. The normalized spacial score (nSPS) is 20.6. The minimum Gasteiger partial charge on any atom is -0.336 e. The van der Waals surface area contributed by atoms with Gasteiger partial charge in [0.1, 0.15) is 17.7 Å². The van der Waals surface area contributed by atoms with E-state index in [9.17, 15) is 18.4 Å². The highest BCUT2D eigenvalue weighted by atomic mass is 19.1. The Morgan fingerprint density at radius 3 is 2.21 bits per heavy atom. The van der Waals surface area contributed by atoms with E-state index in [0.29, 0.717) is 44.7 Å². The number of pyridine rings is 2. The second-order valence-corrected chi connectivity index (χ2v) is 10.4. The second kappa shape index (κ2) is 12.5. The van der Waals surface area contributed by atoms with Crippen LogP contribution in [0.2, 0.25) is 0 Å². The molecule has 7 nitrogen and oxygen atoms in total. The molecule has 2 atom stereocenters. The van der Waals surface area contributed by atoms with E-state index in [2.05, 4.69) is 19.8 Å². The number of alkyl halides is 1. The fourth-order valence-corrected chi connectivity index (χ4v) is 5.30. The molecule has 0 bridgehead atoms. The van der Waals surface area contributed by atoms with Gasteiger partial charge >= 0.3 is 0 Å². The standard InChI is InChI=1S/C30H33F2N5O2/c31-26-4-1-22(2-5-26)19-35-13-15-37(16-14-35)30(39)25-3-6-28(34-18-25)29(38)17-24-9-12-36(21-27(24)32)20-23-7-10-33-11-8-23/h1-8,10-11,18,24,27H,9,12-17,19-21H2. The first-order chi connectivity index (χ1) is 18.9. The molecule has 39 heavy (non-hydrogen) atoms. The maximum atomic E-state index is 14.9. The van der Waals surface area contributed by atoms with E-state index >= 15 is 0 Å². The lowest BCUT2D eigenvalue weighted by Crippen LogP contribution is -2.48. The monoisotopic (exact) mass is 533 g/mol. The molecule has 2 saturated heterocycles. The van der Waals surface area contributed by atoms with Crippen molar-refractivity contribution < 1.29 is 18.4 Å². The molecule has 2 aliphatic heterocycles. The van der Waals surface area contributed by atoms with Crippen molar-refractivity contribution in [2.75, 3.05) is 39.3 Å². The van der Waals surface area contributed by atoms with Crippen LogP contribution in [-0.2, 0) is 13.1 Å². The highest BCUT2D eigenvalue weighted by Crippen LogP contribution is 2.26. The summed E-state index contributed by atoms with van der Waals surface area (Å²) in [5, 5.41) is 0. The number of carbonyl (C=O) groups excluding carboxylic acids is 2. The number of aromatic nitrogens is 2. The lowest BCUT2D eigenvalue weighted by atomic mass is 9.89. The number of piperidine rings is 1. The van der Waals surface area contributed by atoms with Gasteiger partial charge in [-0.05, 0) is 66.4 Å². The minimum absolute atomic E-state index is 0.112. The number of carbonyl (C=O) groups is 2. The number of halogens is 2. The zero-order chi connectivity index (χ0) is 27.2. The van der Waals surface area contributed by atoms with Crippen LogP contribution in [-0.4, -0.2) is 81.8 Å². The number of ketones is 1. The summed E-state index contributed by atoms with van der Waals surface area (Å²) in [4.78, 5) is 40.2. The summed E-state index contributed by atoms with van der Waals surface area (Å²) in [5.74, 6) is -0.896. The smallest absolute Gasteiger partial charge is 0.255 e. The van der Waals surface area contributed by atoms with Crippen LogP contribution in [0.25, 0.3) is 0 Å². The van der Waals surface area contributed by atoms with Crippen LogP contribution < -0.4 is 0 Å². The number of likely N-dealkylation sites (tertiary alicyclic amines) is 1. The summed E-state index contributed by atoms with van der Waals surface area (Å²) < 4.78 is 28.1. The zero-order valence-electron chi connectivity index (χ0n) is 21.9. The SMILES string of the molecule is O=C(CC1CCN(Cc2ccncc2)CC1F)c1ccc(C(=O)N2CCN(Cc3ccc(F)cc3)CC2)cn1. The lowest BCUT2D eigenvalue weighted by Gasteiger charge is -2.34. The highest BCUT2D eigenvalue weighted by molar-refractivity contribution is 5.97. The average Bonchev–Trinajstić information content (AvgIpc) is 2.96. The van der Waals surface area contributed by atoms with Gasteiger partial charge in [0, 0.05) is 70.8 Å². The number of piperazine rings is 1. The van der Waals surface area contributed by atoms with Gasteiger partial charge in [0.05, 0.1) is 5.56 Å². The quantitative estimate of drug-likeness (QED) is 0.408. The zero-order valence-corrected chi connectivity index (χ0v) is 21.9. The molecule has 0 spiro atoms. The Labute approximate surface area is 227 Å².